The third-order valence-corrected chi connectivity index (χ3v) is 13.1. The van der Waals surface area contributed by atoms with Crippen LogP contribution in [0.1, 0.15) is 86.9 Å². The molecule has 0 aliphatic heterocycles. The summed E-state index contributed by atoms with van der Waals surface area (Å²) in [5, 5.41) is 0.969. The van der Waals surface area contributed by atoms with E-state index < -0.39 is 0 Å². The average Bonchev–Trinajstić information content (AvgIpc) is 3.60. The van der Waals surface area contributed by atoms with E-state index in [0.29, 0.717) is 11.5 Å². The number of benzene rings is 2. The highest BCUT2D eigenvalue weighted by molar-refractivity contribution is 5.93. The Kier molecular flexibility index (Phi) is 19.5. The second kappa shape index (κ2) is 27.2. The van der Waals surface area contributed by atoms with Gasteiger partial charge in [0, 0.05) is 46.9 Å². The van der Waals surface area contributed by atoms with Gasteiger partial charge in [0.05, 0.1) is 23.7 Å². The molecule has 3 nitrogen and oxygen atoms in total. The maximum atomic E-state index is 6.73. The van der Waals surface area contributed by atoms with Crippen LogP contribution in [0.5, 0.6) is 0 Å². The molecular formula is C70H66N2O. The van der Waals surface area contributed by atoms with Crippen LogP contribution in [0.2, 0.25) is 0 Å². The quantitative estimate of drug-likeness (QED) is 0.0274. The predicted molar refractivity (Wildman–Crippen MR) is 313 cm³/mol. The highest BCUT2D eigenvalue weighted by Gasteiger charge is 2.25. The number of hydrogen-bond acceptors (Lipinski definition) is 3. The number of fused-ring (bicyclic) bond motifs is 3. The smallest absolute Gasteiger partial charge is 0.153 e. The molecule has 3 unspecified atom stereocenters. The molecule has 0 bridgehead atoms. The Labute approximate surface area is 435 Å². The summed E-state index contributed by atoms with van der Waals surface area (Å²) in [5.41, 5.74) is 26.8. The van der Waals surface area contributed by atoms with E-state index in [9.17, 15) is 0 Å². The van der Waals surface area contributed by atoms with Gasteiger partial charge in [-0.3, -0.25) is 4.98 Å². The van der Waals surface area contributed by atoms with Crippen LogP contribution in [0, 0.1) is 24.2 Å². The lowest BCUT2D eigenvalue weighted by Gasteiger charge is -2.18. The maximum Gasteiger partial charge on any atom is 0.153 e. The number of likely N-dealkylation sites (N-methyl/N-ethyl adjacent to an activating group) is 1. The lowest BCUT2D eigenvalue weighted by molar-refractivity contribution is 0.540. The van der Waals surface area contributed by atoms with Crippen LogP contribution in [0.3, 0.4) is 0 Å². The molecule has 7 rings (SSSR count). The summed E-state index contributed by atoms with van der Waals surface area (Å²) >= 11 is 0. The van der Waals surface area contributed by atoms with Crippen molar-refractivity contribution in [2.75, 3.05) is 18.5 Å². The van der Waals surface area contributed by atoms with Gasteiger partial charge in [0.15, 0.2) is 5.58 Å². The second-order valence-electron chi connectivity index (χ2n) is 18.4. The number of pyridine rings is 1. The van der Waals surface area contributed by atoms with Gasteiger partial charge in [0.25, 0.3) is 0 Å². The van der Waals surface area contributed by atoms with Crippen molar-refractivity contribution < 1.29 is 4.42 Å². The number of unbranched alkanes of at least 4 members (excludes halogenated alkanes) is 1. The van der Waals surface area contributed by atoms with Crippen molar-refractivity contribution in [1.29, 1.82) is 0 Å². The zero-order chi connectivity index (χ0) is 51.2. The molecular weight excluding hydrogens is 885 g/mol. The zero-order valence-electron chi connectivity index (χ0n) is 42.9. The van der Waals surface area contributed by atoms with Gasteiger partial charge in [-0.15, -0.1) is 29.3 Å². The van der Waals surface area contributed by atoms with Crippen LogP contribution in [-0.2, 0) is 0 Å². The molecule has 362 valence electrons. The minimum atomic E-state index is -0.303. The van der Waals surface area contributed by atoms with E-state index in [1.165, 1.54) is 22.4 Å². The van der Waals surface area contributed by atoms with Crippen molar-refractivity contribution in [3.05, 3.63) is 287 Å². The fourth-order valence-electron chi connectivity index (χ4n) is 8.70. The summed E-state index contributed by atoms with van der Waals surface area (Å²) in [6.45, 7) is 15.3. The summed E-state index contributed by atoms with van der Waals surface area (Å²) in [5.74, 6) is 3.88. The van der Waals surface area contributed by atoms with Crippen molar-refractivity contribution in [2.24, 2.45) is 11.8 Å². The number of terminal acetylenes is 1. The van der Waals surface area contributed by atoms with Gasteiger partial charge >= 0.3 is 0 Å². The Balaban J connectivity index is 0.983. The minimum Gasteiger partial charge on any atom is -0.458 e. The fraction of sp³-hybridized carbons (Fsp3) is 0.186. The Morgan fingerprint density at radius 3 is 2.68 bits per heavy atom. The normalized spacial score (nSPS) is 16.2. The molecule has 2 aromatic heterocycles. The molecule has 3 aliphatic carbocycles. The summed E-state index contributed by atoms with van der Waals surface area (Å²) in [6.07, 6.45) is 60.9. The van der Waals surface area contributed by atoms with E-state index in [1.54, 1.807) is 0 Å². The molecule has 4 aromatic rings. The number of allylic oxidation sites excluding steroid dienone is 25. The number of anilines is 1. The first-order valence-electron chi connectivity index (χ1n) is 25.3. The number of furan rings is 1. The summed E-state index contributed by atoms with van der Waals surface area (Å²) in [7, 11) is 2.12. The Hall–Kier alpha value is -8.55. The van der Waals surface area contributed by atoms with Crippen LogP contribution in [0.15, 0.2) is 263 Å². The highest BCUT2D eigenvalue weighted by atomic mass is 16.3. The van der Waals surface area contributed by atoms with E-state index in [4.69, 9.17) is 15.8 Å². The van der Waals surface area contributed by atoms with Gasteiger partial charge in [0.1, 0.15) is 5.76 Å². The van der Waals surface area contributed by atoms with Crippen LogP contribution < -0.4 is 4.90 Å². The summed E-state index contributed by atoms with van der Waals surface area (Å²) in [6, 6.07) is 21.2. The van der Waals surface area contributed by atoms with E-state index in [-0.39, 0.29) is 11.8 Å². The van der Waals surface area contributed by atoms with Gasteiger partial charge in [-0.05, 0) is 152 Å². The molecule has 0 spiro atoms. The molecule has 0 saturated carbocycles. The van der Waals surface area contributed by atoms with E-state index in [2.05, 4.69) is 195 Å². The van der Waals surface area contributed by atoms with Crippen LogP contribution in [-0.4, -0.2) is 18.6 Å². The van der Waals surface area contributed by atoms with Crippen molar-refractivity contribution >= 4 is 39.5 Å². The van der Waals surface area contributed by atoms with Crippen LogP contribution in [0.25, 0.3) is 33.8 Å². The standard InChI is InChI=1S/C70H66N2O/c1-8-11-18-33-57(54(5)9-2)43-42-53(4)30-19-12-13-20-31-55(6)61-40-29-41-64(50-61)72(7)48-28-17-25-32-56(10-3)62-38-26-27-39-63(49-62)65-46-44-59(58-34-23-16-24-35-58)45-47-66-67-51-68(60-36-21-14-15-22-37-60)71-52-69(67)73-70(65)66/h3,8-9,12,14-19,21,23-29,31-37,39-41,44,46-47,49-53,56,65H,2,5,13,20,30,42-43,48H2,1,4,6-7H3/b19-12-,28-17-,32-25-,46-44?,55-31+,57-33+. The lowest BCUT2D eigenvalue weighted by Crippen LogP contribution is -2.16. The van der Waals surface area contributed by atoms with Crippen molar-refractivity contribution in [1.82, 2.24) is 4.98 Å². The molecule has 3 heteroatoms. The van der Waals surface area contributed by atoms with Crippen molar-refractivity contribution in [3.63, 3.8) is 0 Å². The number of rotatable bonds is 21. The van der Waals surface area contributed by atoms with Crippen LogP contribution in [0.4, 0.5) is 5.69 Å². The van der Waals surface area contributed by atoms with Gasteiger partial charge in [-0.2, -0.15) is 0 Å². The number of hydrogen-bond donors (Lipinski definition) is 0. The molecule has 73 heavy (non-hydrogen) atoms. The Bertz CT molecular complexity index is 3310. The summed E-state index contributed by atoms with van der Waals surface area (Å²) in [4.78, 5) is 7.06. The first kappa shape index (κ1) is 52.3. The molecule has 0 radical (unpaired) electrons. The SMILES string of the molecule is C#CC(/C=C\C=C/CN(C)c1cccc(/C(C)=C/CC/C=C\CC(C)CC/C(=C\C=C=CC)C(=C)C=C)c1)C1=C=CC=CC(C2C=CC(c3ccccc3)=C=Cc3c2oc2cnc(C4=CC=CC=C=C4)cc32)=C1. The van der Waals surface area contributed by atoms with Gasteiger partial charge in [0.2, 0.25) is 0 Å². The molecule has 2 aromatic carbocycles. The Morgan fingerprint density at radius 2 is 1.85 bits per heavy atom. The number of nitrogens with zero attached hydrogens (tertiary/aromatic N) is 2. The molecule has 0 amide bonds. The summed E-state index contributed by atoms with van der Waals surface area (Å²) < 4.78 is 6.73. The first-order valence-corrected chi connectivity index (χ1v) is 25.3. The predicted octanol–water partition coefficient (Wildman–Crippen LogP) is 17.9. The van der Waals surface area contributed by atoms with Crippen molar-refractivity contribution in [3.8, 4) is 12.3 Å². The topological polar surface area (TPSA) is 29.3 Å². The third kappa shape index (κ3) is 14.8. The molecule has 0 N–H and O–H groups in total. The lowest BCUT2D eigenvalue weighted by atomic mass is 9.87. The van der Waals surface area contributed by atoms with Gasteiger partial charge < -0.3 is 9.32 Å². The first-order chi connectivity index (χ1) is 35.8. The number of aromatic nitrogens is 1. The monoisotopic (exact) mass is 951 g/mol. The molecule has 0 fully saturated rings. The van der Waals surface area contributed by atoms with Crippen LogP contribution >= 0.6 is 0 Å². The second-order valence-corrected chi connectivity index (χ2v) is 18.4. The minimum absolute atomic E-state index is 0.240. The van der Waals surface area contributed by atoms with E-state index >= 15 is 0 Å². The van der Waals surface area contributed by atoms with Crippen molar-refractivity contribution in [2.45, 2.75) is 58.8 Å². The molecule has 2 heterocycles. The maximum absolute atomic E-state index is 6.73. The van der Waals surface area contributed by atoms with E-state index in [0.717, 1.165) is 94.5 Å². The largest absolute Gasteiger partial charge is 0.458 e. The zero-order valence-corrected chi connectivity index (χ0v) is 42.9. The molecule has 3 atom stereocenters. The van der Waals surface area contributed by atoms with Gasteiger partial charge in [-0.25, -0.2) is 0 Å². The molecule has 0 saturated heterocycles. The molecule has 3 aliphatic rings. The van der Waals surface area contributed by atoms with E-state index in [1.807, 2.05) is 86.0 Å². The van der Waals surface area contributed by atoms with Gasteiger partial charge in [-0.1, -0.05) is 160 Å². The third-order valence-electron chi connectivity index (χ3n) is 13.1. The fourth-order valence-corrected chi connectivity index (χ4v) is 8.70. The Morgan fingerprint density at radius 1 is 0.973 bits per heavy atom. The highest BCUT2D eigenvalue weighted by Crippen LogP contribution is 2.40. The average molecular weight is 951 g/mol.